The number of halogens is 2. The Morgan fingerprint density at radius 3 is 2.74 bits per heavy atom. The van der Waals surface area contributed by atoms with Gasteiger partial charge in [-0.3, -0.25) is 0 Å². The minimum Gasteiger partial charge on any atom is -0.407 e. The molecule has 2 aromatic carbocycles. The molecule has 0 saturated carbocycles. The minimum absolute atomic E-state index is 0.218. The van der Waals surface area contributed by atoms with E-state index in [1.807, 2.05) is 6.07 Å². The average Bonchev–Trinajstić information content (AvgIpc) is 2.87. The summed E-state index contributed by atoms with van der Waals surface area (Å²) in [6.45, 7) is 0. The maximum atomic E-state index is 13.6. The van der Waals surface area contributed by atoms with Gasteiger partial charge in [-0.1, -0.05) is 41.9 Å². The molecule has 5 heteroatoms. The molecule has 0 aromatic heterocycles. The van der Waals surface area contributed by atoms with Gasteiger partial charge in [0.1, 0.15) is 5.82 Å². The zero-order valence-corrected chi connectivity index (χ0v) is 12.9. The summed E-state index contributed by atoms with van der Waals surface area (Å²) in [4.78, 5) is 16.0. The van der Waals surface area contributed by atoms with Crippen LogP contribution in [0.5, 0.6) is 0 Å². The fourth-order valence-corrected chi connectivity index (χ4v) is 2.46. The van der Waals surface area contributed by atoms with E-state index in [9.17, 15) is 9.18 Å². The summed E-state index contributed by atoms with van der Waals surface area (Å²) >= 11 is 5.91. The standard InChI is InChI=1S/C18H13ClFNO2/c19-14-6-3-4-12(10-14)11-16-18(22)23-17(21-16)9-8-13-5-1-2-7-15(13)20/h1-7,10-11H,8-9H2/b16-11+. The first-order valence-electron chi connectivity index (χ1n) is 7.12. The summed E-state index contributed by atoms with van der Waals surface area (Å²) in [6.07, 6.45) is 2.40. The molecular formula is C18H13ClFNO2. The Hall–Kier alpha value is -2.46. The molecule has 2 aromatic rings. The van der Waals surface area contributed by atoms with Crippen molar-refractivity contribution in [2.45, 2.75) is 12.8 Å². The van der Waals surface area contributed by atoms with E-state index >= 15 is 0 Å². The quantitative estimate of drug-likeness (QED) is 0.615. The number of carbonyl (C=O) groups is 1. The van der Waals surface area contributed by atoms with Gasteiger partial charge in [-0.05, 0) is 41.8 Å². The van der Waals surface area contributed by atoms with Crippen molar-refractivity contribution in [3.8, 4) is 0 Å². The highest BCUT2D eigenvalue weighted by Crippen LogP contribution is 2.20. The second-order valence-corrected chi connectivity index (χ2v) is 5.51. The third-order valence-corrected chi connectivity index (χ3v) is 3.62. The Labute approximate surface area is 138 Å². The van der Waals surface area contributed by atoms with Crippen LogP contribution in [0.3, 0.4) is 0 Å². The second kappa shape index (κ2) is 6.75. The van der Waals surface area contributed by atoms with Crippen molar-refractivity contribution >= 4 is 29.5 Å². The number of aryl methyl sites for hydroxylation is 1. The largest absolute Gasteiger partial charge is 0.407 e. The summed E-state index contributed by atoms with van der Waals surface area (Å²) in [5.41, 5.74) is 1.55. The predicted octanol–water partition coefficient (Wildman–Crippen LogP) is 4.41. The van der Waals surface area contributed by atoms with Crippen molar-refractivity contribution in [3.05, 3.63) is 76.2 Å². The van der Waals surface area contributed by atoms with Gasteiger partial charge < -0.3 is 4.74 Å². The number of carbonyl (C=O) groups excluding carboxylic acids is 1. The van der Waals surface area contributed by atoms with Crippen molar-refractivity contribution in [2.75, 3.05) is 0 Å². The van der Waals surface area contributed by atoms with Crippen LogP contribution < -0.4 is 0 Å². The van der Waals surface area contributed by atoms with E-state index in [1.165, 1.54) is 6.07 Å². The zero-order chi connectivity index (χ0) is 16.2. The van der Waals surface area contributed by atoms with E-state index in [0.717, 1.165) is 5.56 Å². The fraction of sp³-hybridized carbons (Fsp3) is 0.111. The van der Waals surface area contributed by atoms with Gasteiger partial charge in [0, 0.05) is 11.4 Å². The van der Waals surface area contributed by atoms with E-state index in [4.69, 9.17) is 16.3 Å². The smallest absolute Gasteiger partial charge is 0.363 e. The monoisotopic (exact) mass is 329 g/mol. The normalized spacial score (nSPS) is 15.7. The van der Waals surface area contributed by atoms with Gasteiger partial charge in [-0.2, -0.15) is 0 Å². The second-order valence-electron chi connectivity index (χ2n) is 5.07. The first-order valence-corrected chi connectivity index (χ1v) is 7.50. The van der Waals surface area contributed by atoms with Gasteiger partial charge in [0.15, 0.2) is 11.6 Å². The number of benzene rings is 2. The van der Waals surface area contributed by atoms with Gasteiger partial charge in [-0.15, -0.1) is 0 Å². The number of ether oxygens (including phenoxy) is 1. The van der Waals surface area contributed by atoms with Crippen molar-refractivity contribution in [1.29, 1.82) is 0 Å². The molecule has 0 saturated heterocycles. The van der Waals surface area contributed by atoms with Gasteiger partial charge in [0.05, 0.1) is 0 Å². The van der Waals surface area contributed by atoms with Crippen molar-refractivity contribution in [2.24, 2.45) is 4.99 Å². The number of nitrogens with zero attached hydrogens (tertiary/aromatic N) is 1. The molecule has 23 heavy (non-hydrogen) atoms. The Balaban J connectivity index is 1.73. The number of cyclic esters (lactones) is 1. The lowest BCUT2D eigenvalue weighted by molar-refractivity contribution is -0.130. The molecule has 1 aliphatic rings. The molecule has 0 bridgehead atoms. The van der Waals surface area contributed by atoms with E-state index < -0.39 is 5.97 Å². The Bertz CT molecular complexity index is 814. The third-order valence-electron chi connectivity index (χ3n) is 3.38. The maximum absolute atomic E-state index is 13.6. The summed E-state index contributed by atoms with van der Waals surface area (Å²) in [5, 5.41) is 0.578. The molecule has 0 fully saturated rings. The van der Waals surface area contributed by atoms with Crippen LogP contribution in [0.1, 0.15) is 17.5 Å². The van der Waals surface area contributed by atoms with Crippen molar-refractivity contribution < 1.29 is 13.9 Å². The average molecular weight is 330 g/mol. The molecule has 3 rings (SSSR count). The summed E-state index contributed by atoms with van der Waals surface area (Å²) < 4.78 is 18.7. The highest BCUT2D eigenvalue weighted by Gasteiger charge is 2.22. The van der Waals surface area contributed by atoms with Gasteiger partial charge in [-0.25, -0.2) is 14.2 Å². The Kier molecular flexibility index (Phi) is 4.53. The molecule has 0 atom stereocenters. The lowest BCUT2D eigenvalue weighted by Gasteiger charge is -2.01. The predicted molar refractivity (Wildman–Crippen MR) is 87.7 cm³/mol. The summed E-state index contributed by atoms with van der Waals surface area (Å²) in [6, 6.07) is 13.6. The molecule has 3 nitrogen and oxygen atoms in total. The van der Waals surface area contributed by atoms with Crippen LogP contribution >= 0.6 is 11.6 Å². The Morgan fingerprint density at radius 2 is 1.96 bits per heavy atom. The molecule has 0 spiro atoms. The van der Waals surface area contributed by atoms with Gasteiger partial charge in [0.25, 0.3) is 0 Å². The van der Waals surface area contributed by atoms with Crippen LogP contribution in [-0.4, -0.2) is 11.9 Å². The topological polar surface area (TPSA) is 38.7 Å². The van der Waals surface area contributed by atoms with E-state index in [-0.39, 0.29) is 11.5 Å². The summed E-state index contributed by atoms with van der Waals surface area (Å²) in [7, 11) is 0. The van der Waals surface area contributed by atoms with E-state index in [2.05, 4.69) is 4.99 Å². The van der Waals surface area contributed by atoms with Crippen LogP contribution in [0.25, 0.3) is 6.08 Å². The highest BCUT2D eigenvalue weighted by molar-refractivity contribution is 6.30. The Morgan fingerprint density at radius 1 is 1.13 bits per heavy atom. The zero-order valence-electron chi connectivity index (χ0n) is 12.1. The first kappa shape index (κ1) is 15.4. The molecule has 1 heterocycles. The van der Waals surface area contributed by atoms with Crippen molar-refractivity contribution in [3.63, 3.8) is 0 Å². The van der Waals surface area contributed by atoms with Crippen LogP contribution in [0.15, 0.2) is 59.2 Å². The van der Waals surface area contributed by atoms with Crippen LogP contribution in [0.4, 0.5) is 4.39 Å². The number of aliphatic imine (C=N–C) groups is 1. The molecule has 0 radical (unpaired) electrons. The number of hydrogen-bond acceptors (Lipinski definition) is 3. The highest BCUT2D eigenvalue weighted by atomic mass is 35.5. The lowest BCUT2D eigenvalue weighted by atomic mass is 10.1. The molecule has 0 N–H and O–H groups in total. The number of hydrogen-bond donors (Lipinski definition) is 0. The summed E-state index contributed by atoms with van der Waals surface area (Å²) in [5.74, 6) is -0.479. The molecular weight excluding hydrogens is 317 g/mol. The first-order chi connectivity index (χ1) is 11.1. The fourth-order valence-electron chi connectivity index (χ4n) is 2.26. The molecule has 116 valence electrons. The third kappa shape index (κ3) is 3.85. The lowest BCUT2D eigenvalue weighted by Crippen LogP contribution is -2.05. The van der Waals surface area contributed by atoms with Crippen LogP contribution in [0.2, 0.25) is 5.02 Å². The van der Waals surface area contributed by atoms with Gasteiger partial charge in [0.2, 0.25) is 0 Å². The van der Waals surface area contributed by atoms with E-state index in [0.29, 0.717) is 29.3 Å². The molecule has 0 aliphatic carbocycles. The molecule has 0 unspecified atom stereocenters. The maximum Gasteiger partial charge on any atom is 0.363 e. The SMILES string of the molecule is O=C1OC(CCc2ccccc2F)=N/C1=C/c1cccc(Cl)c1. The van der Waals surface area contributed by atoms with Crippen molar-refractivity contribution in [1.82, 2.24) is 0 Å². The van der Waals surface area contributed by atoms with Crippen LogP contribution in [-0.2, 0) is 16.0 Å². The molecule has 1 aliphatic heterocycles. The number of esters is 1. The van der Waals surface area contributed by atoms with Gasteiger partial charge >= 0.3 is 5.97 Å². The van der Waals surface area contributed by atoms with E-state index in [1.54, 1.807) is 42.5 Å². The number of rotatable bonds is 4. The van der Waals surface area contributed by atoms with Crippen LogP contribution in [0, 0.1) is 5.82 Å². The minimum atomic E-state index is -0.506. The molecule has 0 amide bonds.